The second-order valence-electron chi connectivity index (χ2n) is 9.02. The Morgan fingerprint density at radius 2 is 1.91 bits per heavy atom. The second kappa shape index (κ2) is 9.32. The molecule has 0 radical (unpaired) electrons. The molecular weight excluding hydrogens is 428 g/mol. The van der Waals surface area contributed by atoms with Gasteiger partial charge in [0, 0.05) is 23.7 Å². The van der Waals surface area contributed by atoms with Gasteiger partial charge in [0.15, 0.2) is 5.16 Å². The van der Waals surface area contributed by atoms with Gasteiger partial charge in [0.25, 0.3) is 11.5 Å². The fraction of sp³-hybridized carbons (Fsp3) is 0.500. The smallest absolute Gasteiger partial charge is 0.262 e. The molecule has 0 saturated carbocycles. The van der Waals surface area contributed by atoms with Crippen LogP contribution >= 0.6 is 11.8 Å². The fourth-order valence-corrected chi connectivity index (χ4v) is 4.11. The van der Waals surface area contributed by atoms with Gasteiger partial charge in [-0.1, -0.05) is 18.7 Å². The minimum atomic E-state index is -0.336. The molecular formula is C22H30N6O3S. The number of benzene rings is 1. The first kappa shape index (κ1) is 23.8. The number of carbonyl (C=O) groups is 2. The highest BCUT2D eigenvalue weighted by molar-refractivity contribution is 7.99. The van der Waals surface area contributed by atoms with Gasteiger partial charge in [0.1, 0.15) is 0 Å². The Labute approximate surface area is 191 Å². The van der Waals surface area contributed by atoms with E-state index in [1.807, 2.05) is 41.5 Å². The zero-order valence-corrected chi connectivity index (χ0v) is 20.2. The van der Waals surface area contributed by atoms with E-state index >= 15 is 0 Å². The van der Waals surface area contributed by atoms with Crippen LogP contribution in [0.25, 0.3) is 16.7 Å². The molecule has 9 nitrogen and oxygen atoms in total. The molecule has 32 heavy (non-hydrogen) atoms. The normalized spacial score (nSPS) is 12.0. The zero-order chi connectivity index (χ0) is 23.6. The van der Waals surface area contributed by atoms with E-state index in [2.05, 4.69) is 20.8 Å². The highest BCUT2D eigenvalue weighted by atomic mass is 32.2. The average molecular weight is 459 g/mol. The Kier molecular flexibility index (Phi) is 6.92. The number of hydrogen-bond donors (Lipinski definition) is 2. The van der Waals surface area contributed by atoms with Crippen LogP contribution in [0.4, 0.5) is 0 Å². The molecule has 2 heterocycles. The van der Waals surface area contributed by atoms with E-state index in [1.54, 1.807) is 27.2 Å². The quantitative estimate of drug-likeness (QED) is 0.527. The van der Waals surface area contributed by atoms with Gasteiger partial charge >= 0.3 is 0 Å². The maximum Gasteiger partial charge on any atom is 0.262 e. The second-order valence-corrected chi connectivity index (χ2v) is 9.96. The number of thioether (sulfide) groups is 1. The van der Waals surface area contributed by atoms with Crippen LogP contribution < -0.4 is 16.2 Å². The van der Waals surface area contributed by atoms with E-state index in [4.69, 9.17) is 0 Å². The van der Waals surface area contributed by atoms with Crippen LogP contribution in [-0.4, -0.2) is 48.3 Å². The lowest BCUT2D eigenvalue weighted by Gasteiger charge is -2.20. The number of aryl methyl sites for hydroxylation is 1. The molecule has 0 aliphatic heterocycles. The van der Waals surface area contributed by atoms with Gasteiger partial charge in [-0.3, -0.25) is 23.4 Å². The van der Waals surface area contributed by atoms with Crippen molar-refractivity contribution in [3.8, 4) is 0 Å². The molecule has 2 aromatic heterocycles. The van der Waals surface area contributed by atoms with E-state index in [-0.39, 0.29) is 34.7 Å². The maximum absolute atomic E-state index is 13.1. The first-order chi connectivity index (χ1) is 15.0. The minimum Gasteiger partial charge on any atom is -0.351 e. The maximum atomic E-state index is 13.1. The summed E-state index contributed by atoms with van der Waals surface area (Å²) in [5.41, 5.74) is 0.463. The van der Waals surface area contributed by atoms with E-state index in [9.17, 15) is 14.4 Å². The number of aromatic nitrogens is 4. The van der Waals surface area contributed by atoms with E-state index in [0.29, 0.717) is 33.9 Å². The number of carbonyl (C=O) groups excluding carboxylic acids is 2. The van der Waals surface area contributed by atoms with Crippen LogP contribution in [0.1, 0.15) is 58.3 Å². The van der Waals surface area contributed by atoms with Crippen LogP contribution in [0.2, 0.25) is 0 Å². The van der Waals surface area contributed by atoms with Crippen molar-refractivity contribution in [3.05, 3.63) is 34.1 Å². The topological polar surface area (TPSA) is 110 Å². The van der Waals surface area contributed by atoms with Crippen molar-refractivity contribution in [3.63, 3.8) is 0 Å². The lowest BCUT2D eigenvalue weighted by atomic mass is 10.1. The molecule has 0 bridgehead atoms. The molecule has 3 rings (SSSR count). The highest BCUT2D eigenvalue weighted by Crippen LogP contribution is 2.23. The Bertz CT molecular complexity index is 1220. The molecule has 0 fully saturated rings. The van der Waals surface area contributed by atoms with Gasteiger partial charge in [0.05, 0.1) is 16.7 Å². The summed E-state index contributed by atoms with van der Waals surface area (Å²) < 4.78 is 3.34. The minimum absolute atomic E-state index is 0.0156. The van der Waals surface area contributed by atoms with Crippen molar-refractivity contribution in [2.24, 2.45) is 0 Å². The predicted octanol–water partition coefficient (Wildman–Crippen LogP) is 2.60. The Hall–Kier alpha value is -2.88. The third-order valence-electron chi connectivity index (χ3n) is 4.55. The molecule has 0 spiro atoms. The lowest BCUT2D eigenvalue weighted by Crippen LogP contribution is -2.41. The summed E-state index contributed by atoms with van der Waals surface area (Å²) in [6.07, 6.45) is 0.749. The molecule has 0 aliphatic carbocycles. The van der Waals surface area contributed by atoms with Crippen molar-refractivity contribution in [2.45, 2.75) is 71.2 Å². The number of hydrogen-bond acceptors (Lipinski definition) is 6. The number of amides is 2. The first-order valence-electron chi connectivity index (χ1n) is 10.7. The van der Waals surface area contributed by atoms with Crippen LogP contribution in [0.3, 0.4) is 0 Å². The third-order valence-corrected chi connectivity index (χ3v) is 5.48. The largest absolute Gasteiger partial charge is 0.351 e. The SMILES string of the molecule is CCCn1c(=O)c2ccc(C(=O)NC(C)C)cc2n2c(SCC(=O)NC(C)(C)C)nnc12. The molecule has 0 aliphatic rings. The molecule has 10 heteroatoms. The lowest BCUT2D eigenvalue weighted by molar-refractivity contribution is -0.119. The molecule has 0 atom stereocenters. The van der Waals surface area contributed by atoms with Gasteiger partial charge in [-0.2, -0.15) is 0 Å². The summed E-state index contributed by atoms with van der Waals surface area (Å²) in [4.78, 5) is 38.0. The molecule has 0 saturated heterocycles. The summed E-state index contributed by atoms with van der Waals surface area (Å²) in [6, 6.07) is 4.98. The Morgan fingerprint density at radius 1 is 1.19 bits per heavy atom. The monoisotopic (exact) mass is 458 g/mol. The van der Waals surface area contributed by atoms with Crippen LogP contribution in [0.15, 0.2) is 28.2 Å². The standard InChI is InChI=1S/C22H30N6O3S/c1-7-10-27-19(31)15-9-8-14(18(30)23-13(2)3)11-16(15)28-20(27)25-26-21(28)32-12-17(29)24-22(4,5)6/h8-9,11,13H,7,10,12H2,1-6H3,(H,23,30)(H,24,29). The molecule has 3 aromatic rings. The Morgan fingerprint density at radius 3 is 2.53 bits per heavy atom. The van der Waals surface area contributed by atoms with Crippen molar-refractivity contribution < 1.29 is 9.59 Å². The predicted molar refractivity (Wildman–Crippen MR) is 126 cm³/mol. The van der Waals surface area contributed by atoms with Gasteiger partial charge in [-0.25, -0.2) is 0 Å². The van der Waals surface area contributed by atoms with E-state index in [1.165, 1.54) is 11.8 Å². The van der Waals surface area contributed by atoms with Crippen molar-refractivity contribution in [2.75, 3.05) is 5.75 Å². The van der Waals surface area contributed by atoms with Crippen LogP contribution in [0, 0.1) is 0 Å². The van der Waals surface area contributed by atoms with Gasteiger partial charge in [-0.05, 0) is 59.2 Å². The van der Waals surface area contributed by atoms with Crippen molar-refractivity contribution in [1.82, 2.24) is 29.8 Å². The zero-order valence-electron chi connectivity index (χ0n) is 19.4. The number of fused-ring (bicyclic) bond motifs is 3. The summed E-state index contributed by atoms with van der Waals surface area (Å²) in [5.74, 6) is 0.200. The average Bonchev–Trinajstić information content (AvgIpc) is 3.11. The third kappa shape index (κ3) is 5.12. The van der Waals surface area contributed by atoms with Gasteiger partial charge < -0.3 is 10.6 Å². The molecule has 172 valence electrons. The molecule has 1 aromatic carbocycles. The Balaban J connectivity index is 2.13. The molecule has 0 unspecified atom stereocenters. The van der Waals surface area contributed by atoms with Gasteiger partial charge in [0.2, 0.25) is 11.7 Å². The fourth-order valence-electron chi connectivity index (χ4n) is 3.37. The summed E-state index contributed by atoms with van der Waals surface area (Å²) >= 11 is 1.24. The molecule has 2 amide bonds. The van der Waals surface area contributed by atoms with Gasteiger partial charge in [-0.15, -0.1) is 10.2 Å². The van der Waals surface area contributed by atoms with E-state index < -0.39 is 0 Å². The van der Waals surface area contributed by atoms with Crippen LogP contribution in [0.5, 0.6) is 0 Å². The summed E-state index contributed by atoms with van der Waals surface area (Å²) in [5, 5.41) is 15.2. The highest BCUT2D eigenvalue weighted by Gasteiger charge is 2.20. The number of rotatable bonds is 7. The van der Waals surface area contributed by atoms with E-state index in [0.717, 1.165) is 6.42 Å². The summed E-state index contributed by atoms with van der Waals surface area (Å²) in [7, 11) is 0. The first-order valence-corrected chi connectivity index (χ1v) is 11.7. The van der Waals surface area contributed by atoms with Crippen molar-refractivity contribution >= 4 is 40.3 Å². The van der Waals surface area contributed by atoms with Crippen LogP contribution in [-0.2, 0) is 11.3 Å². The molecule has 2 N–H and O–H groups in total. The summed E-state index contributed by atoms with van der Waals surface area (Å²) in [6.45, 7) is 12.0. The van der Waals surface area contributed by atoms with Crippen molar-refractivity contribution in [1.29, 1.82) is 0 Å². The number of nitrogens with one attached hydrogen (secondary N) is 2. The number of nitrogens with zero attached hydrogens (tertiary/aromatic N) is 4.